The minimum atomic E-state index is 0.230. The second-order valence-corrected chi connectivity index (χ2v) is 3.34. The highest BCUT2D eigenvalue weighted by Crippen LogP contribution is 2.14. The van der Waals surface area contributed by atoms with E-state index >= 15 is 0 Å². The molecule has 0 aliphatic heterocycles. The first-order valence-electron chi connectivity index (χ1n) is 4.43. The summed E-state index contributed by atoms with van der Waals surface area (Å²) in [7, 11) is 0. The van der Waals surface area contributed by atoms with Gasteiger partial charge in [0.2, 0.25) is 5.28 Å². The summed E-state index contributed by atoms with van der Waals surface area (Å²) in [5.74, 6) is 1.37. The highest BCUT2D eigenvalue weighted by Gasteiger charge is 2.00. The summed E-state index contributed by atoms with van der Waals surface area (Å²) in [6, 6.07) is 7.40. The summed E-state index contributed by atoms with van der Waals surface area (Å²) in [5.41, 5.74) is 0.813. The molecular weight excluding hydrogens is 212 g/mol. The molecule has 0 amide bonds. The van der Waals surface area contributed by atoms with Crippen LogP contribution in [-0.2, 0) is 0 Å². The molecule has 2 aromatic rings. The van der Waals surface area contributed by atoms with Gasteiger partial charge in [0, 0.05) is 18.0 Å². The smallest absolute Gasteiger partial charge is 0.224 e. The zero-order chi connectivity index (χ0) is 10.7. The third-order valence-corrected chi connectivity index (χ3v) is 1.92. The van der Waals surface area contributed by atoms with Crippen LogP contribution in [0, 0.1) is 6.92 Å². The average Bonchev–Trinajstić information content (AvgIpc) is 2.17. The summed E-state index contributed by atoms with van der Waals surface area (Å²) < 4.78 is 0. The summed E-state index contributed by atoms with van der Waals surface area (Å²) in [4.78, 5) is 12.1. The first kappa shape index (κ1) is 9.86. The van der Waals surface area contributed by atoms with E-state index in [0.717, 1.165) is 11.5 Å². The summed E-state index contributed by atoms with van der Waals surface area (Å²) >= 11 is 5.73. The topological polar surface area (TPSA) is 50.7 Å². The van der Waals surface area contributed by atoms with E-state index in [0.29, 0.717) is 5.82 Å². The number of nitrogens with one attached hydrogen (secondary N) is 1. The standard InChI is InChI=1S/C10H9ClN4/c1-7-6-9(15-10(11)13-7)14-8-4-2-3-5-12-8/h2-6H,1H3,(H,12,13,14,15). The molecule has 0 bridgehead atoms. The fourth-order valence-corrected chi connectivity index (χ4v) is 1.39. The van der Waals surface area contributed by atoms with Crippen molar-refractivity contribution in [3.63, 3.8) is 0 Å². The number of rotatable bonds is 2. The number of pyridine rings is 1. The summed E-state index contributed by atoms with van der Waals surface area (Å²) in [6.45, 7) is 1.86. The Hall–Kier alpha value is -1.68. The first-order valence-corrected chi connectivity index (χ1v) is 4.81. The van der Waals surface area contributed by atoms with E-state index in [1.807, 2.05) is 25.1 Å². The molecule has 0 aromatic carbocycles. The monoisotopic (exact) mass is 220 g/mol. The minimum absolute atomic E-state index is 0.230. The van der Waals surface area contributed by atoms with Crippen molar-refractivity contribution in [3.8, 4) is 0 Å². The van der Waals surface area contributed by atoms with Gasteiger partial charge in [-0.3, -0.25) is 0 Å². The van der Waals surface area contributed by atoms with E-state index < -0.39 is 0 Å². The highest BCUT2D eigenvalue weighted by molar-refractivity contribution is 6.28. The molecule has 0 atom stereocenters. The van der Waals surface area contributed by atoms with Crippen molar-refractivity contribution in [3.05, 3.63) is 41.4 Å². The van der Waals surface area contributed by atoms with Gasteiger partial charge in [0.25, 0.3) is 0 Å². The fourth-order valence-electron chi connectivity index (χ4n) is 1.16. The van der Waals surface area contributed by atoms with Crippen LogP contribution in [0.25, 0.3) is 0 Å². The second kappa shape index (κ2) is 4.23. The summed E-state index contributed by atoms with van der Waals surface area (Å²) in [6.07, 6.45) is 1.71. The van der Waals surface area contributed by atoms with E-state index in [-0.39, 0.29) is 5.28 Å². The first-order chi connectivity index (χ1) is 7.24. The number of nitrogens with zero attached hydrogens (tertiary/aromatic N) is 3. The SMILES string of the molecule is Cc1cc(Nc2ccccn2)nc(Cl)n1. The van der Waals surface area contributed by atoms with Gasteiger partial charge in [-0.25, -0.2) is 15.0 Å². The average molecular weight is 221 g/mol. The maximum absolute atomic E-state index is 5.73. The van der Waals surface area contributed by atoms with Crippen molar-refractivity contribution in [2.45, 2.75) is 6.92 Å². The molecule has 2 rings (SSSR count). The highest BCUT2D eigenvalue weighted by atomic mass is 35.5. The molecule has 0 aliphatic rings. The second-order valence-electron chi connectivity index (χ2n) is 3.00. The van der Waals surface area contributed by atoms with Crippen LogP contribution >= 0.6 is 11.6 Å². The molecule has 0 fully saturated rings. The van der Waals surface area contributed by atoms with Crippen molar-refractivity contribution in [1.29, 1.82) is 0 Å². The van der Waals surface area contributed by atoms with Crippen molar-refractivity contribution >= 4 is 23.2 Å². The third kappa shape index (κ3) is 2.63. The van der Waals surface area contributed by atoms with Crippen LogP contribution < -0.4 is 5.32 Å². The minimum Gasteiger partial charge on any atom is -0.325 e. The molecule has 5 heteroatoms. The van der Waals surface area contributed by atoms with Crippen molar-refractivity contribution < 1.29 is 0 Å². The maximum Gasteiger partial charge on any atom is 0.224 e. The molecule has 0 spiro atoms. The van der Waals surface area contributed by atoms with E-state index in [9.17, 15) is 0 Å². The molecule has 0 saturated heterocycles. The van der Waals surface area contributed by atoms with Gasteiger partial charge in [-0.2, -0.15) is 0 Å². The van der Waals surface area contributed by atoms with Crippen LogP contribution in [0.5, 0.6) is 0 Å². The van der Waals surface area contributed by atoms with Gasteiger partial charge < -0.3 is 5.32 Å². The van der Waals surface area contributed by atoms with Crippen LogP contribution in [0.4, 0.5) is 11.6 Å². The number of hydrogen-bond donors (Lipinski definition) is 1. The number of aryl methyl sites for hydroxylation is 1. The lowest BCUT2D eigenvalue weighted by molar-refractivity contribution is 1.10. The Morgan fingerprint density at radius 1 is 1.20 bits per heavy atom. The quantitative estimate of drug-likeness (QED) is 0.791. The molecule has 0 aliphatic carbocycles. The van der Waals surface area contributed by atoms with E-state index in [4.69, 9.17) is 11.6 Å². The number of anilines is 2. The van der Waals surface area contributed by atoms with Gasteiger partial charge >= 0.3 is 0 Å². The Morgan fingerprint density at radius 2 is 2.07 bits per heavy atom. The lowest BCUT2D eigenvalue weighted by Gasteiger charge is -2.04. The molecule has 1 N–H and O–H groups in total. The maximum atomic E-state index is 5.73. The lowest BCUT2D eigenvalue weighted by atomic mass is 10.4. The van der Waals surface area contributed by atoms with Crippen molar-refractivity contribution in [1.82, 2.24) is 15.0 Å². The van der Waals surface area contributed by atoms with E-state index in [2.05, 4.69) is 20.3 Å². The van der Waals surface area contributed by atoms with Gasteiger partial charge in [-0.15, -0.1) is 0 Å². The van der Waals surface area contributed by atoms with Crippen molar-refractivity contribution in [2.24, 2.45) is 0 Å². The van der Waals surface area contributed by atoms with Crippen LogP contribution in [0.2, 0.25) is 5.28 Å². The molecule has 0 radical (unpaired) electrons. The predicted molar refractivity (Wildman–Crippen MR) is 59.3 cm³/mol. The Balaban J connectivity index is 2.25. The van der Waals surface area contributed by atoms with Gasteiger partial charge in [0.15, 0.2) is 0 Å². The predicted octanol–water partition coefficient (Wildman–Crippen LogP) is 2.58. The zero-order valence-electron chi connectivity index (χ0n) is 8.11. The van der Waals surface area contributed by atoms with Crippen LogP contribution in [0.3, 0.4) is 0 Å². The fraction of sp³-hybridized carbons (Fsp3) is 0.100. The van der Waals surface area contributed by atoms with E-state index in [1.165, 1.54) is 0 Å². The number of hydrogen-bond acceptors (Lipinski definition) is 4. The van der Waals surface area contributed by atoms with Gasteiger partial charge in [-0.1, -0.05) is 6.07 Å². The number of aromatic nitrogens is 3. The molecular formula is C10H9ClN4. The Bertz CT molecular complexity index is 438. The van der Waals surface area contributed by atoms with Gasteiger partial charge in [0.05, 0.1) is 0 Å². The van der Waals surface area contributed by atoms with Crippen molar-refractivity contribution in [2.75, 3.05) is 5.32 Å². The van der Waals surface area contributed by atoms with Crippen LogP contribution in [0.15, 0.2) is 30.5 Å². The van der Waals surface area contributed by atoms with Gasteiger partial charge in [0.1, 0.15) is 11.6 Å². The largest absolute Gasteiger partial charge is 0.325 e. The Kier molecular flexibility index (Phi) is 2.78. The molecule has 0 unspecified atom stereocenters. The van der Waals surface area contributed by atoms with Crippen LogP contribution in [0.1, 0.15) is 5.69 Å². The third-order valence-electron chi connectivity index (χ3n) is 1.75. The van der Waals surface area contributed by atoms with E-state index in [1.54, 1.807) is 12.3 Å². The van der Waals surface area contributed by atoms with Crippen LogP contribution in [-0.4, -0.2) is 15.0 Å². The lowest BCUT2D eigenvalue weighted by Crippen LogP contribution is -1.97. The summed E-state index contributed by atoms with van der Waals surface area (Å²) in [5, 5.41) is 3.27. The molecule has 76 valence electrons. The zero-order valence-corrected chi connectivity index (χ0v) is 8.86. The molecule has 15 heavy (non-hydrogen) atoms. The molecule has 2 heterocycles. The molecule has 4 nitrogen and oxygen atoms in total. The number of halogens is 1. The normalized spacial score (nSPS) is 10.0. The molecule has 2 aromatic heterocycles. The molecule has 0 saturated carbocycles. The Labute approximate surface area is 92.4 Å². The Morgan fingerprint density at radius 3 is 2.73 bits per heavy atom. The van der Waals surface area contributed by atoms with Gasteiger partial charge in [-0.05, 0) is 30.7 Å².